The average molecular weight is 779 g/mol. The van der Waals surface area contributed by atoms with E-state index in [1.807, 2.05) is 0 Å². The van der Waals surface area contributed by atoms with Crippen LogP contribution in [0.3, 0.4) is 0 Å². The van der Waals surface area contributed by atoms with Crippen molar-refractivity contribution in [2.45, 2.75) is 211 Å². The number of rotatable bonds is 35. The molecule has 10 heteroatoms. The summed E-state index contributed by atoms with van der Waals surface area (Å²) >= 11 is 0. The van der Waals surface area contributed by atoms with E-state index in [1.54, 1.807) is 0 Å². The summed E-state index contributed by atoms with van der Waals surface area (Å²) in [6.45, 7) is 3.34. The smallest absolute Gasteiger partial charge is 0.306 e. The SMILES string of the molecule is CCCCCC/C=C/C=C/CCCCCCCC(=O)O[C@@H](COC(=O)CCCCCCCC=C=CCCCCCCC)CO[C@H]1O[C@@H](CO)[C@@H](O)C(O)C1O. The standard InChI is InChI=1S/C45H78O10/c1-3-5-7-9-11-13-15-17-19-21-23-25-27-29-31-33-40(47)52-36-38(37-53-45-44(51)43(50)42(49)39(35-46)55-45)54-41(48)34-32-30-28-26-24-22-20-18-16-14-12-10-8-6-4-2/h14-16,18-20,38-39,42-46,49-51H,3-13,21-37H2,1-2H3/b16-14+,20-18+/t17?,38-,39-,42+,43?,44?,45-/m0/s1. The lowest BCUT2D eigenvalue weighted by molar-refractivity contribution is -0.305. The highest BCUT2D eigenvalue weighted by Crippen LogP contribution is 2.22. The highest BCUT2D eigenvalue weighted by atomic mass is 16.7. The van der Waals surface area contributed by atoms with E-state index in [4.69, 9.17) is 18.9 Å². The Morgan fingerprint density at radius 2 is 1.11 bits per heavy atom. The number of allylic oxidation sites excluding steroid dienone is 5. The summed E-state index contributed by atoms with van der Waals surface area (Å²) in [6.07, 6.45) is 30.7. The van der Waals surface area contributed by atoms with E-state index in [-0.39, 0.29) is 26.1 Å². The van der Waals surface area contributed by atoms with Gasteiger partial charge in [0.15, 0.2) is 12.4 Å². The van der Waals surface area contributed by atoms with Gasteiger partial charge in [-0.05, 0) is 76.4 Å². The number of esters is 2. The molecule has 55 heavy (non-hydrogen) atoms. The highest BCUT2D eigenvalue weighted by molar-refractivity contribution is 5.70. The first-order chi connectivity index (χ1) is 26.8. The second kappa shape index (κ2) is 36.1. The van der Waals surface area contributed by atoms with E-state index in [1.165, 1.54) is 57.8 Å². The summed E-state index contributed by atoms with van der Waals surface area (Å²) in [5.74, 6) is -0.847. The van der Waals surface area contributed by atoms with Gasteiger partial charge in [-0.25, -0.2) is 0 Å². The topological polar surface area (TPSA) is 152 Å². The second-order valence-corrected chi connectivity index (χ2v) is 14.9. The lowest BCUT2D eigenvalue weighted by Crippen LogP contribution is -2.59. The number of hydrogen-bond acceptors (Lipinski definition) is 10. The molecular formula is C45H78O10. The molecule has 6 atom stereocenters. The zero-order chi connectivity index (χ0) is 40.2. The molecule has 2 unspecified atom stereocenters. The third-order valence-corrected chi connectivity index (χ3v) is 9.80. The number of unbranched alkanes of at least 4 members (excludes halogenated alkanes) is 19. The molecule has 0 amide bonds. The maximum atomic E-state index is 12.7. The number of carbonyl (C=O) groups excluding carboxylic acids is 2. The van der Waals surface area contributed by atoms with Crippen molar-refractivity contribution in [1.82, 2.24) is 0 Å². The Balaban J connectivity index is 2.38. The van der Waals surface area contributed by atoms with Gasteiger partial charge in [0.1, 0.15) is 31.0 Å². The maximum Gasteiger partial charge on any atom is 0.306 e. The molecule has 10 nitrogen and oxygen atoms in total. The molecule has 0 radical (unpaired) electrons. The van der Waals surface area contributed by atoms with Gasteiger partial charge in [0.2, 0.25) is 0 Å². The van der Waals surface area contributed by atoms with E-state index in [0.29, 0.717) is 12.8 Å². The van der Waals surface area contributed by atoms with Gasteiger partial charge in [-0.15, -0.1) is 5.73 Å². The predicted molar refractivity (Wildman–Crippen MR) is 218 cm³/mol. The molecule has 0 aromatic carbocycles. The van der Waals surface area contributed by atoms with Crippen molar-refractivity contribution in [3.8, 4) is 0 Å². The van der Waals surface area contributed by atoms with E-state index in [0.717, 1.165) is 77.0 Å². The third kappa shape index (κ3) is 27.9. The molecule has 1 saturated heterocycles. The molecule has 0 aromatic rings. The molecule has 318 valence electrons. The number of carbonyl (C=O) groups is 2. The molecule has 0 spiro atoms. The van der Waals surface area contributed by atoms with Crippen molar-refractivity contribution >= 4 is 11.9 Å². The Bertz CT molecular complexity index is 1050. The fourth-order valence-electron chi connectivity index (χ4n) is 6.27. The zero-order valence-electron chi connectivity index (χ0n) is 34.5. The van der Waals surface area contributed by atoms with E-state index < -0.39 is 55.4 Å². The quantitative estimate of drug-likeness (QED) is 0.0213. The summed E-state index contributed by atoms with van der Waals surface area (Å²) in [5.41, 5.74) is 3.29. The fourth-order valence-corrected chi connectivity index (χ4v) is 6.27. The van der Waals surface area contributed by atoms with Crippen molar-refractivity contribution < 1.29 is 49.0 Å². The van der Waals surface area contributed by atoms with Crippen molar-refractivity contribution in [2.75, 3.05) is 19.8 Å². The van der Waals surface area contributed by atoms with Crippen LogP contribution in [-0.2, 0) is 28.5 Å². The van der Waals surface area contributed by atoms with Crippen molar-refractivity contribution in [2.24, 2.45) is 0 Å². The summed E-state index contributed by atoms with van der Waals surface area (Å²) < 4.78 is 22.1. The van der Waals surface area contributed by atoms with E-state index in [2.05, 4.69) is 56.0 Å². The van der Waals surface area contributed by atoms with Gasteiger partial charge in [-0.1, -0.05) is 122 Å². The molecule has 0 aliphatic carbocycles. The Kier molecular flexibility index (Phi) is 33.3. The fraction of sp³-hybridized carbons (Fsp3) is 0.800. The van der Waals surface area contributed by atoms with Gasteiger partial charge < -0.3 is 39.4 Å². The summed E-state index contributed by atoms with van der Waals surface area (Å²) in [4.78, 5) is 25.3. The molecule has 0 bridgehead atoms. The zero-order valence-corrected chi connectivity index (χ0v) is 34.5. The Labute approximate surface area is 333 Å². The van der Waals surface area contributed by atoms with Crippen LogP contribution in [0.15, 0.2) is 42.2 Å². The van der Waals surface area contributed by atoms with Gasteiger partial charge >= 0.3 is 11.9 Å². The van der Waals surface area contributed by atoms with Crippen LogP contribution in [0, 0.1) is 0 Å². The first-order valence-corrected chi connectivity index (χ1v) is 21.8. The molecule has 0 saturated carbocycles. The van der Waals surface area contributed by atoms with Gasteiger partial charge in [0, 0.05) is 12.8 Å². The number of ether oxygens (including phenoxy) is 4. The Morgan fingerprint density at radius 3 is 1.67 bits per heavy atom. The second-order valence-electron chi connectivity index (χ2n) is 14.9. The van der Waals surface area contributed by atoms with Crippen LogP contribution in [0.25, 0.3) is 0 Å². The van der Waals surface area contributed by atoms with Crippen LogP contribution in [0.4, 0.5) is 0 Å². The highest BCUT2D eigenvalue weighted by Gasteiger charge is 2.44. The van der Waals surface area contributed by atoms with Crippen molar-refractivity contribution in [3.05, 3.63) is 42.2 Å². The van der Waals surface area contributed by atoms with E-state index in [9.17, 15) is 30.0 Å². The molecule has 0 aromatic heterocycles. The third-order valence-electron chi connectivity index (χ3n) is 9.80. The first-order valence-electron chi connectivity index (χ1n) is 21.8. The Hall–Kier alpha value is -2.30. The number of hydrogen-bond donors (Lipinski definition) is 4. The number of aliphatic hydroxyl groups is 4. The lowest BCUT2D eigenvalue weighted by Gasteiger charge is -2.39. The van der Waals surface area contributed by atoms with Gasteiger partial charge in [0.25, 0.3) is 0 Å². The van der Waals surface area contributed by atoms with Crippen LogP contribution in [0.2, 0.25) is 0 Å². The van der Waals surface area contributed by atoms with Crippen LogP contribution >= 0.6 is 0 Å². The van der Waals surface area contributed by atoms with Crippen molar-refractivity contribution in [3.63, 3.8) is 0 Å². The minimum absolute atomic E-state index is 0.207. The van der Waals surface area contributed by atoms with Crippen LogP contribution in [0.5, 0.6) is 0 Å². The van der Waals surface area contributed by atoms with Crippen LogP contribution in [0.1, 0.15) is 174 Å². The number of aliphatic hydroxyl groups excluding tert-OH is 4. The predicted octanol–water partition coefficient (Wildman–Crippen LogP) is 8.87. The summed E-state index contributed by atoms with van der Waals surface area (Å²) in [5, 5.41) is 40.0. The monoisotopic (exact) mass is 779 g/mol. The molecule has 1 heterocycles. The molecule has 1 rings (SSSR count). The minimum atomic E-state index is -1.60. The van der Waals surface area contributed by atoms with E-state index >= 15 is 0 Å². The summed E-state index contributed by atoms with van der Waals surface area (Å²) in [6, 6.07) is 0. The van der Waals surface area contributed by atoms with Gasteiger partial charge in [-0.2, -0.15) is 0 Å². The average Bonchev–Trinajstić information content (AvgIpc) is 3.18. The van der Waals surface area contributed by atoms with Gasteiger partial charge in [0.05, 0.1) is 13.2 Å². The van der Waals surface area contributed by atoms with Crippen molar-refractivity contribution in [1.29, 1.82) is 0 Å². The molecular weight excluding hydrogens is 700 g/mol. The van der Waals surface area contributed by atoms with Crippen LogP contribution < -0.4 is 0 Å². The minimum Gasteiger partial charge on any atom is -0.462 e. The van der Waals surface area contributed by atoms with Crippen LogP contribution in [-0.4, -0.2) is 89.0 Å². The first kappa shape index (κ1) is 50.7. The molecule has 1 aliphatic heterocycles. The molecule has 4 N–H and O–H groups in total. The molecule has 1 fully saturated rings. The molecule has 1 aliphatic rings. The Morgan fingerprint density at radius 1 is 0.618 bits per heavy atom. The lowest BCUT2D eigenvalue weighted by atomic mass is 9.99. The normalized spacial score (nSPS) is 20.4. The summed E-state index contributed by atoms with van der Waals surface area (Å²) in [7, 11) is 0. The largest absolute Gasteiger partial charge is 0.462 e. The van der Waals surface area contributed by atoms with Gasteiger partial charge in [-0.3, -0.25) is 9.59 Å². The maximum absolute atomic E-state index is 12.7.